The van der Waals surface area contributed by atoms with E-state index in [0.29, 0.717) is 21.8 Å². The van der Waals surface area contributed by atoms with Crippen molar-refractivity contribution in [2.45, 2.75) is 40.2 Å². The van der Waals surface area contributed by atoms with Crippen LogP contribution in [0.25, 0.3) is 10.2 Å². The van der Waals surface area contributed by atoms with Gasteiger partial charge >= 0.3 is 0 Å². The van der Waals surface area contributed by atoms with Crippen LogP contribution >= 0.6 is 11.3 Å². The molecule has 0 aliphatic rings. The maximum atomic E-state index is 13.2. The molecule has 2 amide bonds. The smallest absolute Gasteiger partial charge is 0.271 e. The van der Waals surface area contributed by atoms with Crippen LogP contribution in [0.15, 0.2) is 23.0 Å². The summed E-state index contributed by atoms with van der Waals surface area (Å²) in [5.41, 5.74) is 6.17. The van der Waals surface area contributed by atoms with Crippen molar-refractivity contribution in [1.82, 2.24) is 9.55 Å². The van der Waals surface area contributed by atoms with E-state index in [1.807, 2.05) is 13.8 Å². The van der Waals surface area contributed by atoms with E-state index in [0.717, 1.165) is 11.3 Å². The van der Waals surface area contributed by atoms with Gasteiger partial charge in [0, 0.05) is 18.1 Å². The number of primary amides is 1. The number of rotatable bonds is 6. The fourth-order valence-corrected chi connectivity index (χ4v) is 4.28. The topological polar surface area (TPSA) is 150 Å². The molecular weight excluding hydrogens is 422 g/mol. The van der Waals surface area contributed by atoms with Gasteiger partial charge in [-0.25, -0.2) is 4.98 Å². The highest BCUT2D eigenvalue weighted by atomic mass is 32.1. The minimum atomic E-state index is -0.642. The Hall–Kier alpha value is -3.60. The van der Waals surface area contributed by atoms with Gasteiger partial charge in [-0.3, -0.25) is 29.1 Å². The van der Waals surface area contributed by atoms with Gasteiger partial charge < -0.3 is 11.1 Å². The lowest BCUT2D eigenvalue weighted by molar-refractivity contribution is -0.384. The molecular formula is C20H21N5O5S. The van der Waals surface area contributed by atoms with Crippen molar-refractivity contribution in [3.8, 4) is 0 Å². The lowest BCUT2D eigenvalue weighted by Gasteiger charge is -2.15. The summed E-state index contributed by atoms with van der Waals surface area (Å²) < 4.78 is 1.26. The van der Waals surface area contributed by atoms with E-state index in [2.05, 4.69) is 10.3 Å². The molecule has 0 saturated heterocycles. The minimum absolute atomic E-state index is 0.156. The average Bonchev–Trinajstić information content (AvgIpc) is 3.02. The summed E-state index contributed by atoms with van der Waals surface area (Å²) in [6.07, 6.45) is 0. The number of carbonyl (C=O) groups is 2. The van der Waals surface area contributed by atoms with Gasteiger partial charge in [0.25, 0.3) is 17.2 Å². The quantitative estimate of drug-likeness (QED) is 0.442. The van der Waals surface area contributed by atoms with Crippen LogP contribution in [0.1, 0.15) is 46.4 Å². The fraction of sp³-hybridized carbons (Fsp3) is 0.300. The molecule has 2 heterocycles. The number of aromatic nitrogens is 2. The normalized spacial score (nSPS) is 11.1. The molecule has 0 atom stereocenters. The van der Waals surface area contributed by atoms with Gasteiger partial charge in [0.1, 0.15) is 17.2 Å². The van der Waals surface area contributed by atoms with Crippen LogP contribution < -0.4 is 16.6 Å². The zero-order chi connectivity index (χ0) is 23.0. The number of non-ortho nitro benzene ring substituents is 1. The van der Waals surface area contributed by atoms with Crippen LogP contribution in [-0.2, 0) is 11.3 Å². The highest BCUT2D eigenvalue weighted by Gasteiger charge is 2.22. The Morgan fingerprint density at radius 1 is 1.32 bits per heavy atom. The first-order chi connectivity index (χ1) is 14.5. The second kappa shape index (κ2) is 8.26. The standard InChI is InChI=1S/C20H21N5O5S/c1-9(2)18-23-19-15(11(4)16(31-19)17(21)27)20(28)24(18)8-14(26)22-13-7-12(25(29)30)6-5-10(13)3/h5-7,9H,8H2,1-4H3,(H2,21,27)(H,22,26). The summed E-state index contributed by atoms with van der Waals surface area (Å²) >= 11 is 1.05. The molecule has 0 aliphatic carbocycles. The number of nitrogens with zero attached hydrogens (tertiary/aromatic N) is 3. The van der Waals surface area contributed by atoms with Crippen molar-refractivity contribution in [1.29, 1.82) is 0 Å². The zero-order valence-corrected chi connectivity index (χ0v) is 18.2. The van der Waals surface area contributed by atoms with Gasteiger partial charge in [-0.2, -0.15) is 0 Å². The zero-order valence-electron chi connectivity index (χ0n) is 17.4. The lowest BCUT2D eigenvalue weighted by atomic mass is 10.1. The van der Waals surface area contributed by atoms with Crippen LogP contribution in [0.5, 0.6) is 0 Å². The summed E-state index contributed by atoms with van der Waals surface area (Å²) in [6.45, 7) is 6.66. The molecule has 11 heteroatoms. The number of carbonyl (C=O) groups excluding carboxylic acids is 2. The number of aryl methyl sites for hydroxylation is 2. The Kier molecular flexibility index (Phi) is 5.89. The second-order valence-electron chi connectivity index (χ2n) is 7.42. The molecule has 3 aromatic rings. The van der Waals surface area contributed by atoms with Gasteiger partial charge in [-0.05, 0) is 25.0 Å². The predicted molar refractivity (Wildman–Crippen MR) is 118 cm³/mol. The third kappa shape index (κ3) is 4.17. The first-order valence-electron chi connectivity index (χ1n) is 9.39. The van der Waals surface area contributed by atoms with Crippen LogP contribution in [0.4, 0.5) is 11.4 Å². The molecule has 2 aromatic heterocycles. The molecule has 0 spiro atoms. The maximum absolute atomic E-state index is 13.2. The molecule has 3 rings (SSSR count). The van der Waals surface area contributed by atoms with E-state index in [1.165, 1.54) is 22.8 Å². The number of nitrogens with two attached hydrogens (primary N) is 1. The number of nitrogens with one attached hydrogen (secondary N) is 1. The largest absolute Gasteiger partial charge is 0.365 e. The van der Waals surface area contributed by atoms with Gasteiger partial charge in [0.2, 0.25) is 5.91 Å². The van der Waals surface area contributed by atoms with Crippen LogP contribution in [-0.4, -0.2) is 26.3 Å². The number of anilines is 1. The molecule has 0 bridgehead atoms. The number of thiophene rings is 1. The number of amides is 2. The van der Waals surface area contributed by atoms with E-state index in [-0.39, 0.29) is 34.1 Å². The Morgan fingerprint density at radius 3 is 2.58 bits per heavy atom. The molecule has 0 fully saturated rings. The first-order valence-corrected chi connectivity index (χ1v) is 10.2. The molecule has 1 aromatic carbocycles. The molecule has 0 saturated carbocycles. The number of hydrogen-bond donors (Lipinski definition) is 2. The van der Waals surface area contributed by atoms with E-state index in [9.17, 15) is 24.5 Å². The van der Waals surface area contributed by atoms with Gasteiger partial charge in [-0.15, -0.1) is 11.3 Å². The number of fused-ring (bicyclic) bond motifs is 1. The Balaban J connectivity index is 2.04. The second-order valence-corrected chi connectivity index (χ2v) is 8.42. The summed E-state index contributed by atoms with van der Waals surface area (Å²) in [7, 11) is 0. The van der Waals surface area contributed by atoms with E-state index < -0.39 is 22.3 Å². The first kappa shape index (κ1) is 22.1. The highest BCUT2D eigenvalue weighted by molar-refractivity contribution is 7.20. The van der Waals surface area contributed by atoms with Crippen LogP contribution in [0, 0.1) is 24.0 Å². The Labute approximate surface area is 180 Å². The molecule has 31 heavy (non-hydrogen) atoms. The van der Waals surface area contributed by atoms with E-state index in [4.69, 9.17) is 5.73 Å². The summed E-state index contributed by atoms with van der Waals surface area (Å²) in [6, 6.07) is 4.15. The summed E-state index contributed by atoms with van der Waals surface area (Å²) in [4.78, 5) is 53.3. The lowest BCUT2D eigenvalue weighted by Crippen LogP contribution is -2.31. The third-order valence-electron chi connectivity index (χ3n) is 4.83. The number of hydrogen-bond acceptors (Lipinski definition) is 7. The number of nitro benzene ring substituents is 1. The molecule has 3 N–H and O–H groups in total. The molecule has 162 valence electrons. The summed E-state index contributed by atoms with van der Waals surface area (Å²) in [5, 5.41) is 13.9. The van der Waals surface area contributed by atoms with Gasteiger partial charge in [-0.1, -0.05) is 19.9 Å². The Bertz CT molecular complexity index is 1290. The molecule has 0 aliphatic heterocycles. The minimum Gasteiger partial charge on any atom is -0.365 e. The van der Waals surface area contributed by atoms with Crippen molar-refractivity contribution >= 4 is 44.7 Å². The van der Waals surface area contributed by atoms with Crippen molar-refractivity contribution in [3.63, 3.8) is 0 Å². The molecule has 0 unspecified atom stereocenters. The Morgan fingerprint density at radius 2 is 2.00 bits per heavy atom. The van der Waals surface area contributed by atoms with Crippen molar-refractivity contribution in [3.05, 3.63) is 60.5 Å². The monoisotopic (exact) mass is 443 g/mol. The summed E-state index contributed by atoms with van der Waals surface area (Å²) in [5.74, 6) is -0.960. The van der Waals surface area contributed by atoms with Gasteiger partial charge in [0.15, 0.2) is 0 Å². The van der Waals surface area contributed by atoms with Crippen LogP contribution in [0.2, 0.25) is 0 Å². The molecule has 0 radical (unpaired) electrons. The third-order valence-corrected chi connectivity index (χ3v) is 6.03. The number of nitro groups is 1. The van der Waals surface area contributed by atoms with Gasteiger partial charge in [0.05, 0.1) is 20.9 Å². The fourth-order valence-electron chi connectivity index (χ4n) is 3.25. The average molecular weight is 443 g/mol. The highest BCUT2D eigenvalue weighted by Crippen LogP contribution is 2.28. The van der Waals surface area contributed by atoms with E-state index >= 15 is 0 Å². The van der Waals surface area contributed by atoms with Crippen molar-refractivity contribution in [2.75, 3.05) is 5.32 Å². The predicted octanol–water partition coefficient (Wildman–Crippen LogP) is 2.84. The van der Waals surface area contributed by atoms with Crippen LogP contribution in [0.3, 0.4) is 0 Å². The van der Waals surface area contributed by atoms with Crippen molar-refractivity contribution < 1.29 is 14.5 Å². The number of benzene rings is 1. The molecule has 10 nitrogen and oxygen atoms in total. The van der Waals surface area contributed by atoms with E-state index in [1.54, 1.807) is 13.8 Å². The SMILES string of the molecule is Cc1ccc([N+](=O)[O-])cc1NC(=O)Cn1c(C(C)C)nc2sc(C(N)=O)c(C)c2c1=O. The maximum Gasteiger partial charge on any atom is 0.271 e. The van der Waals surface area contributed by atoms with Crippen molar-refractivity contribution in [2.24, 2.45) is 5.73 Å².